The number of nitrogens with zero attached hydrogens (tertiary/aromatic N) is 2. The van der Waals surface area contributed by atoms with E-state index >= 15 is 0 Å². The van der Waals surface area contributed by atoms with Crippen LogP contribution in [0.5, 0.6) is 0 Å². The summed E-state index contributed by atoms with van der Waals surface area (Å²) in [6, 6.07) is 10.3. The molecule has 0 aliphatic rings. The van der Waals surface area contributed by atoms with Gasteiger partial charge in [-0.05, 0) is 30.7 Å². The molecular formula is C16H18FN3O. The number of rotatable bonds is 4. The SMILES string of the molecule is CC(NC(=O)c1ccc(F)nc1)c1ccccc1N(C)C. The van der Waals surface area contributed by atoms with E-state index < -0.39 is 5.95 Å². The highest BCUT2D eigenvalue weighted by Crippen LogP contribution is 2.24. The number of hydrogen-bond donors (Lipinski definition) is 1. The largest absolute Gasteiger partial charge is 0.377 e. The second-order valence-corrected chi connectivity index (χ2v) is 5.02. The van der Waals surface area contributed by atoms with Crippen LogP contribution >= 0.6 is 0 Å². The van der Waals surface area contributed by atoms with Crippen LogP contribution in [0.3, 0.4) is 0 Å². The zero-order valence-corrected chi connectivity index (χ0v) is 12.3. The summed E-state index contributed by atoms with van der Waals surface area (Å²) in [5.41, 5.74) is 2.40. The molecule has 1 N–H and O–H groups in total. The van der Waals surface area contributed by atoms with Gasteiger partial charge in [0.25, 0.3) is 5.91 Å². The van der Waals surface area contributed by atoms with E-state index in [2.05, 4.69) is 10.3 Å². The number of carbonyl (C=O) groups is 1. The summed E-state index contributed by atoms with van der Waals surface area (Å²) in [6.07, 6.45) is 1.23. The van der Waals surface area contributed by atoms with Crippen LogP contribution in [0.25, 0.3) is 0 Å². The Hall–Kier alpha value is -2.43. The smallest absolute Gasteiger partial charge is 0.253 e. The fourth-order valence-electron chi connectivity index (χ4n) is 2.13. The lowest BCUT2D eigenvalue weighted by Crippen LogP contribution is -2.28. The van der Waals surface area contributed by atoms with Crippen LogP contribution in [-0.4, -0.2) is 25.0 Å². The maximum absolute atomic E-state index is 12.8. The molecule has 2 aromatic rings. The minimum atomic E-state index is -0.599. The molecule has 0 spiro atoms. The molecule has 1 aromatic heterocycles. The molecule has 0 saturated carbocycles. The highest BCUT2D eigenvalue weighted by atomic mass is 19.1. The highest BCUT2D eigenvalue weighted by Gasteiger charge is 2.15. The van der Waals surface area contributed by atoms with Gasteiger partial charge in [-0.25, -0.2) is 4.98 Å². The Morgan fingerprint density at radius 2 is 1.95 bits per heavy atom. The van der Waals surface area contributed by atoms with Crippen molar-refractivity contribution in [2.45, 2.75) is 13.0 Å². The number of pyridine rings is 1. The van der Waals surface area contributed by atoms with Crippen molar-refractivity contribution >= 4 is 11.6 Å². The Bertz CT molecular complexity index is 626. The standard InChI is InChI=1S/C16H18FN3O/c1-11(13-6-4-5-7-14(13)20(2)3)19-16(21)12-8-9-15(17)18-10-12/h4-11H,1-3H3,(H,19,21). The molecule has 2 rings (SSSR count). The van der Waals surface area contributed by atoms with Crippen LogP contribution < -0.4 is 10.2 Å². The van der Waals surface area contributed by atoms with Crippen LogP contribution in [-0.2, 0) is 0 Å². The fourth-order valence-corrected chi connectivity index (χ4v) is 2.13. The molecule has 1 atom stereocenters. The predicted octanol–water partition coefficient (Wildman–Crippen LogP) is 2.78. The summed E-state index contributed by atoms with van der Waals surface area (Å²) in [5, 5.41) is 2.90. The minimum absolute atomic E-state index is 0.166. The van der Waals surface area contributed by atoms with Crippen LogP contribution in [0.15, 0.2) is 42.6 Å². The quantitative estimate of drug-likeness (QED) is 0.880. The predicted molar refractivity (Wildman–Crippen MR) is 80.8 cm³/mol. The number of para-hydroxylation sites is 1. The molecule has 4 nitrogen and oxygen atoms in total. The van der Waals surface area contributed by atoms with Crippen molar-refractivity contribution in [1.82, 2.24) is 10.3 Å². The third kappa shape index (κ3) is 3.56. The van der Waals surface area contributed by atoms with Crippen molar-refractivity contribution in [1.29, 1.82) is 0 Å². The fraction of sp³-hybridized carbons (Fsp3) is 0.250. The van der Waals surface area contributed by atoms with Crippen molar-refractivity contribution in [3.63, 3.8) is 0 Å². The van der Waals surface area contributed by atoms with Gasteiger partial charge in [-0.2, -0.15) is 4.39 Å². The van der Waals surface area contributed by atoms with Crippen LogP contribution in [0.4, 0.5) is 10.1 Å². The Kier molecular flexibility index (Phi) is 4.52. The number of benzene rings is 1. The van der Waals surface area contributed by atoms with Gasteiger partial charge in [0.15, 0.2) is 0 Å². The molecule has 5 heteroatoms. The summed E-state index contributed by atoms with van der Waals surface area (Å²) in [6.45, 7) is 1.91. The van der Waals surface area contributed by atoms with E-state index in [1.165, 1.54) is 18.3 Å². The molecular weight excluding hydrogens is 269 g/mol. The van der Waals surface area contributed by atoms with E-state index in [4.69, 9.17) is 0 Å². The summed E-state index contributed by atoms with van der Waals surface area (Å²) in [4.78, 5) is 17.6. The lowest BCUT2D eigenvalue weighted by atomic mass is 10.1. The Morgan fingerprint density at radius 3 is 2.57 bits per heavy atom. The molecule has 1 amide bonds. The van der Waals surface area contributed by atoms with E-state index in [1.54, 1.807) is 0 Å². The first-order valence-corrected chi connectivity index (χ1v) is 6.67. The molecule has 0 fully saturated rings. The van der Waals surface area contributed by atoms with Gasteiger partial charge in [0, 0.05) is 26.0 Å². The van der Waals surface area contributed by atoms with Gasteiger partial charge >= 0.3 is 0 Å². The van der Waals surface area contributed by atoms with E-state index in [9.17, 15) is 9.18 Å². The van der Waals surface area contributed by atoms with Crippen LogP contribution in [0, 0.1) is 5.95 Å². The van der Waals surface area contributed by atoms with Crippen molar-refractivity contribution < 1.29 is 9.18 Å². The molecule has 0 radical (unpaired) electrons. The molecule has 21 heavy (non-hydrogen) atoms. The van der Waals surface area contributed by atoms with Crippen molar-refractivity contribution in [2.75, 3.05) is 19.0 Å². The number of aromatic nitrogens is 1. The lowest BCUT2D eigenvalue weighted by Gasteiger charge is -2.22. The number of anilines is 1. The second-order valence-electron chi connectivity index (χ2n) is 5.02. The van der Waals surface area contributed by atoms with Gasteiger partial charge in [-0.3, -0.25) is 4.79 Å². The molecule has 1 aromatic carbocycles. The van der Waals surface area contributed by atoms with Gasteiger partial charge < -0.3 is 10.2 Å². The number of halogens is 1. The van der Waals surface area contributed by atoms with Crippen molar-refractivity contribution in [3.05, 3.63) is 59.7 Å². The maximum atomic E-state index is 12.8. The summed E-state index contributed by atoms with van der Waals surface area (Å²) in [7, 11) is 3.91. The van der Waals surface area contributed by atoms with E-state index in [1.807, 2.05) is 50.2 Å². The van der Waals surface area contributed by atoms with Gasteiger partial charge in [0.1, 0.15) is 0 Å². The summed E-state index contributed by atoms with van der Waals surface area (Å²) < 4.78 is 12.8. The summed E-state index contributed by atoms with van der Waals surface area (Å²) >= 11 is 0. The monoisotopic (exact) mass is 287 g/mol. The van der Waals surface area contributed by atoms with Crippen molar-refractivity contribution in [2.24, 2.45) is 0 Å². The average molecular weight is 287 g/mol. The van der Waals surface area contributed by atoms with Crippen molar-refractivity contribution in [3.8, 4) is 0 Å². The number of amides is 1. The minimum Gasteiger partial charge on any atom is -0.377 e. The molecule has 1 heterocycles. The second kappa shape index (κ2) is 6.35. The van der Waals surface area contributed by atoms with Crippen LogP contribution in [0.1, 0.15) is 28.9 Å². The van der Waals surface area contributed by atoms with Gasteiger partial charge in [0.05, 0.1) is 11.6 Å². The van der Waals surface area contributed by atoms with E-state index in [-0.39, 0.29) is 11.9 Å². The zero-order chi connectivity index (χ0) is 15.4. The number of carbonyl (C=O) groups excluding carboxylic acids is 1. The topological polar surface area (TPSA) is 45.2 Å². The Balaban J connectivity index is 2.16. The highest BCUT2D eigenvalue weighted by molar-refractivity contribution is 5.94. The van der Waals surface area contributed by atoms with Gasteiger partial charge in [-0.1, -0.05) is 18.2 Å². The number of hydrogen-bond acceptors (Lipinski definition) is 3. The molecule has 0 aliphatic heterocycles. The number of nitrogens with one attached hydrogen (secondary N) is 1. The zero-order valence-electron chi connectivity index (χ0n) is 12.3. The Morgan fingerprint density at radius 1 is 1.24 bits per heavy atom. The first-order chi connectivity index (χ1) is 9.99. The third-order valence-electron chi connectivity index (χ3n) is 3.22. The van der Waals surface area contributed by atoms with E-state index in [0.717, 1.165) is 11.3 Å². The third-order valence-corrected chi connectivity index (χ3v) is 3.22. The average Bonchev–Trinajstić information content (AvgIpc) is 2.47. The normalized spacial score (nSPS) is 11.8. The first-order valence-electron chi connectivity index (χ1n) is 6.67. The molecule has 0 aliphatic carbocycles. The maximum Gasteiger partial charge on any atom is 0.253 e. The van der Waals surface area contributed by atoms with E-state index in [0.29, 0.717) is 5.56 Å². The van der Waals surface area contributed by atoms with Gasteiger partial charge in [-0.15, -0.1) is 0 Å². The summed E-state index contributed by atoms with van der Waals surface area (Å²) in [5.74, 6) is -0.874. The molecule has 0 bridgehead atoms. The first kappa shape index (κ1) is 15.0. The van der Waals surface area contributed by atoms with Crippen LogP contribution in [0.2, 0.25) is 0 Å². The molecule has 1 unspecified atom stereocenters. The molecule has 110 valence electrons. The molecule has 0 saturated heterocycles. The lowest BCUT2D eigenvalue weighted by molar-refractivity contribution is 0.0939. The Labute approximate surface area is 123 Å². The van der Waals surface area contributed by atoms with Gasteiger partial charge in [0.2, 0.25) is 5.95 Å².